The molecule has 6 nitrogen and oxygen atoms in total. The molecule has 0 bridgehead atoms. The van der Waals surface area contributed by atoms with Gasteiger partial charge in [0.05, 0.1) is 0 Å². The number of halogens is 1. The third-order valence-electron chi connectivity index (χ3n) is 2.31. The van der Waals surface area contributed by atoms with Crippen molar-refractivity contribution in [1.29, 1.82) is 0 Å². The van der Waals surface area contributed by atoms with E-state index in [0.717, 1.165) is 0 Å². The van der Waals surface area contributed by atoms with Crippen molar-refractivity contribution in [2.75, 3.05) is 6.07 Å². The largest absolute Gasteiger partial charge is 0.448 e. The topological polar surface area (TPSA) is 77.5 Å². The van der Waals surface area contributed by atoms with Crippen LogP contribution in [0.4, 0.5) is 4.79 Å². The Balaban J connectivity index is 2.73. The van der Waals surface area contributed by atoms with Gasteiger partial charge in [0, 0.05) is 18.3 Å². The van der Waals surface area contributed by atoms with E-state index in [1.165, 1.54) is 0 Å². The first kappa shape index (κ1) is 17.2. The van der Waals surface area contributed by atoms with E-state index in [1.54, 1.807) is 45.2 Å². The number of amides is 1. The minimum atomic E-state index is -0.909. The molecule has 0 saturated carbocycles. The molecule has 1 aromatic heterocycles. The van der Waals surface area contributed by atoms with Gasteiger partial charge in [0.1, 0.15) is 11.6 Å². The van der Waals surface area contributed by atoms with Gasteiger partial charge in [-0.25, -0.2) is 9.59 Å². The summed E-state index contributed by atoms with van der Waals surface area (Å²) in [4.78, 5) is 27.7. The van der Waals surface area contributed by atoms with Crippen LogP contribution < -0.4 is 5.32 Å². The van der Waals surface area contributed by atoms with Gasteiger partial charge in [-0.3, -0.25) is 4.98 Å². The maximum atomic E-state index is 11.8. The van der Waals surface area contributed by atoms with Crippen molar-refractivity contribution < 1.29 is 19.1 Å². The fourth-order valence-corrected chi connectivity index (χ4v) is 1.63. The van der Waals surface area contributed by atoms with E-state index >= 15 is 0 Å². The molecule has 0 radical (unpaired) electrons. The lowest BCUT2D eigenvalue weighted by Gasteiger charge is -2.22. The number of nitrogens with zero attached hydrogens (tertiary/aromatic N) is 1. The zero-order valence-electron chi connectivity index (χ0n) is 12.3. The first-order valence-corrected chi connectivity index (χ1v) is 6.97. The second kappa shape index (κ2) is 7.83. The number of alkyl carbamates (subject to hydrolysis) is 1. The predicted molar refractivity (Wildman–Crippen MR) is 77.9 cm³/mol. The Hall–Kier alpha value is -1.82. The summed E-state index contributed by atoms with van der Waals surface area (Å²) >= 11 is 5.38. The minimum absolute atomic E-state index is 0.190. The maximum absolute atomic E-state index is 11.8. The number of nitrogens with one attached hydrogen (secondary N) is 1. The average Bonchev–Trinajstić information content (AvgIpc) is 2.37. The van der Waals surface area contributed by atoms with Gasteiger partial charge < -0.3 is 14.8 Å². The highest BCUT2D eigenvalue weighted by atomic mass is 35.5. The van der Waals surface area contributed by atoms with Crippen LogP contribution >= 0.6 is 11.6 Å². The van der Waals surface area contributed by atoms with Gasteiger partial charge in [-0.1, -0.05) is 17.7 Å². The molecule has 0 saturated heterocycles. The summed E-state index contributed by atoms with van der Waals surface area (Å²) in [6, 6.07) is 4.11. The van der Waals surface area contributed by atoms with Crippen LogP contribution in [0.2, 0.25) is 0 Å². The van der Waals surface area contributed by atoms with Gasteiger partial charge in [0.2, 0.25) is 0 Å². The minimum Gasteiger partial charge on any atom is -0.448 e. The predicted octanol–water partition coefficient (Wildman–Crippen LogP) is 2.26. The average molecular weight is 315 g/mol. The molecule has 21 heavy (non-hydrogen) atoms. The molecule has 1 N–H and O–H groups in total. The molecule has 7 heteroatoms. The number of rotatable bonds is 5. The molecule has 0 fully saturated rings. The third-order valence-corrected chi connectivity index (χ3v) is 2.42. The normalized spacial score (nSPS) is 12.4. The number of esters is 1. The SMILES string of the molecule is CC(C)(C)OC(=O)N[C@H](Cc1ccccn1)C(=O)OCCl. The van der Waals surface area contributed by atoms with E-state index in [4.69, 9.17) is 21.1 Å². The van der Waals surface area contributed by atoms with Gasteiger partial charge in [-0.2, -0.15) is 0 Å². The smallest absolute Gasteiger partial charge is 0.408 e. The summed E-state index contributed by atoms with van der Waals surface area (Å²) in [6.45, 7) is 5.20. The Morgan fingerprint density at radius 1 is 1.38 bits per heavy atom. The van der Waals surface area contributed by atoms with E-state index in [0.29, 0.717) is 5.69 Å². The molecule has 1 rings (SSSR count). The van der Waals surface area contributed by atoms with Gasteiger partial charge in [0.25, 0.3) is 0 Å². The van der Waals surface area contributed by atoms with Gasteiger partial charge in [0.15, 0.2) is 6.07 Å². The number of alkyl halides is 1. The van der Waals surface area contributed by atoms with Crippen LogP contribution in [0.15, 0.2) is 24.4 Å². The second-order valence-electron chi connectivity index (χ2n) is 5.30. The molecule has 0 unspecified atom stereocenters. The monoisotopic (exact) mass is 314 g/mol. The molecule has 1 atom stereocenters. The van der Waals surface area contributed by atoms with E-state index in [2.05, 4.69) is 10.3 Å². The zero-order chi connectivity index (χ0) is 15.9. The van der Waals surface area contributed by atoms with Crippen LogP contribution in [0.1, 0.15) is 26.5 Å². The van der Waals surface area contributed by atoms with Crippen LogP contribution in [0.3, 0.4) is 0 Å². The molecule has 1 amide bonds. The highest BCUT2D eigenvalue weighted by Crippen LogP contribution is 2.08. The molecular weight excluding hydrogens is 296 g/mol. The van der Waals surface area contributed by atoms with Crippen LogP contribution in [-0.4, -0.2) is 34.8 Å². The van der Waals surface area contributed by atoms with Crippen molar-refractivity contribution >= 4 is 23.7 Å². The quantitative estimate of drug-likeness (QED) is 0.666. The molecular formula is C14H19ClN2O4. The lowest BCUT2D eigenvalue weighted by Crippen LogP contribution is -2.45. The highest BCUT2D eigenvalue weighted by molar-refractivity contribution is 6.17. The number of ether oxygens (including phenoxy) is 2. The Labute approximate surface area is 128 Å². The van der Waals surface area contributed by atoms with Crippen molar-refractivity contribution in [2.45, 2.75) is 38.8 Å². The number of carbonyl (C=O) groups is 2. The van der Waals surface area contributed by atoms with Crippen molar-refractivity contribution in [3.63, 3.8) is 0 Å². The fraction of sp³-hybridized carbons (Fsp3) is 0.500. The van der Waals surface area contributed by atoms with Crippen LogP contribution in [0.25, 0.3) is 0 Å². The number of pyridine rings is 1. The summed E-state index contributed by atoms with van der Waals surface area (Å²) in [6.07, 6.45) is 1.10. The summed E-state index contributed by atoms with van der Waals surface area (Å²) in [7, 11) is 0. The first-order chi connectivity index (χ1) is 9.81. The van der Waals surface area contributed by atoms with Crippen LogP contribution in [0.5, 0.6) is 0 Å². The lowest BCUT2D eigenvalue weighted by molar-refractivity contribution is -0.144. The Morgan fingerprint density at radius 2 is 2.10 bits per heavy atom. The fourth-order valence-electron chi connectivity index (χ4n) is 1.53. The number of hydrogen-bond donors (Lipinski definition) is 1. The maximum Gasteiger partial charge on any atom is 0.408 e. The number of hydrogen-bond acceptors (Lipinski definition) is 5. The zero-order valence-corrected chi connectivity index (χ0v) is 13.0. The van der Waals surface area contributed by atoms with E-state index in [1.807, 2.05) is 0 Å². The van der Waals surface area contributed by atoms with Gasteiger partial charge in [-0.05, 0) is 32.9 Å². The third kappa shape index (κ3) is 6.94. The molecule has 1 heterocycles. The van der Waals surface area contributed by atoms with E-state index in [9.17, 15) is 9.59 Å². The van der Waals surface area contributed by atoms with Crippen molar-refractivity contribution in [3.05, 3.63) is 30.1 Å². The number of carbonyl (C=O) groups excluding carboxylic acids is 2. The standard InChI is InChI=1S/C14H19ClN2O4/c1-14(2,3)21-13(19)17-11(12(18)20-9-15)8-10-6-4-5-7-16-10/h4-7,11H,8-9H2,1-3H3,(H,17,19)/t11-/m1/s1. The molecule has 0 aromatic carbocycles. The lowest BCUT2D eigenvalue weighted by atomic mass is 10.1. The highest BCUT2D eigenvalue weighted by Gasteiger charge is 2.26. The molecule has 0 aliphatic carbocycles. The Bertz CT molecular complexity index is 474. The Kier molecular flexibility index (Phi) is 6.42. The summed E-state index contributed by atoms with van der Waals surface area (Å²) in [5.74, 6) is -0.637. The van der Waals surface area contributed by atoms with Gasteiger partial charge >= 0.3 is 12.1 Å². The molecule has 1 aromatic rings. The Morgan fingerprint density at radius 3 is 2.62 bits per heavy atom. The van der Waals surface area contributed by atoms with Crippen LogP contribution in [0, 0.1) is 0 Å². The molecule has 0 aliphatic rings. The van der Waals surface area contributed by atoms with Crippen molar-refractivity contribution in [3.8, 4) is 0 Å². The summed E-state index contributed by atoms with van der Waals surface area (Å²) in [5.41, 5.74) is -0.0131. The second-order valence-corrected chi connectivity index (χ2v) is 5.51. The summed E-state index contributed by atoms with van der Waals surface area (Å²) < 4.78 is 9.86. The molecule has 0 spiro atoms. The molecule has 0 aliphatic heterocycles. The van der Waals surface area contributed by atoms with Crippen molar-refractivity contribution in [1.82, 2.24) is 10.3 Å². The van der Waals surface area contributed by atoms with Gasteiger partial charge in [-0.15, -0.1) is 0 Å². The number of aromatic nitrogens is 1. The van der Waals surface area contributed by atoms with Crippen molar-refractivity contribution in [2.24, 2.45) is 0 Å². The van der Waals surface area contributed by atoms with Crippen LogP contribution in [-0.2, 0) is 20.7 Å². The molecule has 116 valence electrons. The van der Waals surface area contributed by atoms with E-state index in [-0.39, 0.29) is 12.5 Å². The summed E-state index contributed by atoms with van der Waals surface area (Å²) in [5, 5.41) is 2.47. The van der Waals surface area contributed by atoms with E-state index < -0.39 is 23.7 Å². The first-order valence-electron chi connectivity index (χ1n) is 6.44.